The Morgan fingerprint density at radius 2 is 0.741 bits per heavy atom. The van der Waals surface area contributed by atoms with Gasteiger partial charge in [-0.3, -0.25) is 0 Å². The first-order valence-corrected chi connectivity index (χ1v) is 18.1. The predicted molar refractivity (Wildman–Crippen MR) is 223 cm³/mol. The number of benzene rings is 8. The van der Waals surface area contributed by atoms with Gasteiger partial charge >= 0.3 is 0 Å². The molecule has 2 heterocycles. The van der Waals surface area contributed by atoms with E-state index in [4.69, 9.17) is 19.9 Å². The molecule has 0 amide bonds. The predicted octanol–water partition coefficient (Wildman–Crippen LogP) is 12.7. The summed E-state index contributed by atoms with van der Waals surface area (Å²) >= 11 is 0. The van der Waals surface area contributed by atoms with E-state index in [9.17, 15) is 0 Å². The number of fused-ring (bicyclic) bond motifs is 4. The highest BCUT2D eigenvalue weighted by molar-refractivity contribution is 6.18. The topological polar surface area (TPSA) is 51.6 Å². The lowest BCUT2D eigenvalue weighted by atomic mass is 9.90. The number of nitrogens with zero attached hydrogens (tertiary/aromatic N) is 4. The third-order valence-corrected chi connectivity index (χ3v) is 10.1. The van der Waals surface area contributed by atoms with Crippen LogP contribution < -0.4 is 0 Å². The van der Waals surface area contributed by atoms with E-state index in [0.717, 1.165) is 61.1 Å². The van der Waals surface area contributed by atoms with Crippen LogP contribution in [0.4, 0.5) is 0 Å². The van der Waals surface area contributed by atoms with Crippen molar-refractivity contribution < 1.29 is 0 Å². The number of aromatic nitrogens is 4. The summed E-state index contributed by atoms with van der Waals surface area (Å²) in [7, 11) is 0. The van der Waals surface area contributed by atoms with E-state index >= 15 is 0 Å². The van der Waals surface area contributed by atoms with Crippen molar-refractivity contribution in [2.45, 2.75) is 0 Å². The zero-order valence-corrected chi connectivity index (χ0v) is 29.3. The number of rotatable bonds is 6. The van der Waals surface area contributed by atoms with E-state index in [1.807, 2.05) is 60.7 Å². The highest BCUT2D eigenvalue weighted by Crippen LogP contribution is 2.42. The van der Waals surface area contributed by atoms with E-state index in [1.165, 1.54) is 21.5 Å². The highest BCUT2D eigenvalue weighted by atomic mass is 15.0. The summed E-state index contributed by atoms with van der Waals surface area (Å²) in [5.41, 5.74) is 10.2. The minimum absolute atomic E-state index is 0.626. The molecule has 8 aromatic carbocycles. The molecule has 0 bridgehead atoms. The fraction of sp³-hybridized carbons (Fsp3) is 0. The van der Waals surface area contributed by atoms with Crippen LogP contribution in [0, 0.1) is 0 Å². The first-order valence-electron chi connectivity index (χ1n) is 18.1. The summed E-state index contributed by atoms with van der Waals surface area (Å²) < 4.78 is 0. The van der Waals surface area contributed by atoms with Gasteiger partial charge in [0.1, 0.15) is 0 Å². The van der Waals surface area contributed by atoms with Gasteiger partial charge in [-0.25, -0.2) is 19.9 Å². The van der Waals surface area contributed by atoms with Crippen molar-refractivity contribution in [1.29, 1.82) is 0 Å². The quantitative estimate of drug-likeness (QED) is 0.163. The van der Waals surface area contributed by atoms with E-state index in [1.54, 1.807) is 0 Å². The molecule has 0 saturated heterocycles. The average molecular weight is 689 g/mol. The van der Waals surface area contributed by atoms with Gasteiger partial charge in [-0.05, 0) is 56.4 Å². The van der Waals surface area contributed by atoms with Gasteiger partial charge in [-0.1, -0.05) is 176 Å². The second-order valence-corrected chi connectivity index (χ2v) is 13.5. The third kappa shape index (κ3) is 5.76. The number of hydrogen-bond donors (Lipinski definition) is 0. The van der Waals surface area contributed by atoms with Gasteiger partial charge in [0.05, 0.1) is 11.2 Å². The molecule has 0 aliphatic rings. The van der Waals surface area contributed by atoms with Gasteiger partial charge in [-0.2, -0.15) is 0 Å². The van der Waals surface area contributed by atoms with Crippen LogP contribution in [0.3, 0.4) is 0 Å². The molecule has 10 rings (SSSR count). The van der Waals surface area contributed by atoms with Gasteiger partial charge in [-0.15, -0.1) is 0 Å². The van der Waals surface area contributed by atoms with Crippen molar-refractivity contribution in [1.82, 2.24) is 19.9 Å². The molecular weight excluding hydrogens is 657 g/mol. The summed E-state index contributed by atoms with van der Waals surface area (Å²) in [6, 6.07) is 67.6. The molecule has 0 N–H and O–H groups in total. The molecule has 4 heteroatoms. The van der Waals surface area contributed by atoms with Gasteiger partial charge in [0.2, 0.25) is 0 Å². The molecule has 0 spiro atoms. The zero-order chi connectivity index (χ0) is 35.8. The maximum absolute atomic E-state index is 5.50. The maximum atomic E-state index is 5.50. The van der Waals surface area contributed by atoms with Crippen molar-refractivity contribution in [3.8, 4) is 67.7 Å². The Hall–Kier alpha value is -7.30. The molecule has 0 unspecified atom stereocenters. The molecule has 4 nitrogen and oxygen atoms in total. The Morgan fingerprint density at radius 1 is 0.278 bits per heavy atom. The first-order chi connectivity index (χ1) is 26.7. The minimum atomic E-state index is 0.626. The molecule has 54 heavy (non-hydrogen) atoms. The molecule has 252 valence electrons. The smallest absolute Gasteiger partial charge is 0.164 e. The van der Waals surface area contributed by atoms with Crippen molar-refractivity contribution in [2.24, 2.45) is 0 Å². The SMILES string of the molecule is c1ccc(-c2nc(-c3ccccc3)nc(-c3ccc(-c4cc5ccccc5c5c(-c6ccccc6)cc(-c6ccc7ccccc7c6)nc45)cc3)n2)cc1. The molecule has 0 saturated carbocycles. The second kappa shape index (κ2) is 13.4. The van der Waals surface area contributed by atoms with Crippen LogP contribution in [0.25, 0.3) is 100 Å². The summed E-state index contributed by atoms with van der Waals surface area (Å²) in [6.07, 6.45) is 0. The Kier molecular flexibility index (Phi) is 7.77. The van der Waals surface area contributed by atoms with E-state index in [2.05, 4.69) is 133 Å². The molecule has 0 aliphatic heterocycles. The van der Waals surface area contributed by atoms with Gasteiger partial charge in [0.25, 0.3) is 0 Å². The third-order valence-electron chi connectivity index (χ3n) is 10.1. The van der Waals surface area contributed by atoms with Crippen molar-refractivity contribution in [2.75, 3.05) is 0 Å². The van der Waals surface area contributed by atoms with Crippen LogP contribution in [0.2, 0.25) is 0 Å². The summed E-state index contributed by atoms with van der Waals surface area (Å²) in [4.78, 5) is 20.3. The molecule has 10 aromatic rings. The van der Waals surface area contributed by atoms with E-state index in [0.29, 0.717) is 17.5 Å². The largest absolute Gasteiger partial charge is 0.247 e. The number of hydrogen-bond acceptors (Lipinski definition) is 4. The van der Waals surface area contributed by atoms with Gasteiger partial charge in [0.15, 0.2) is 17.5 Å². The van der Waals surface area contributed by atoms with Crippen LogP contribution >= 0.6 is 0 Å². The fourth-order valence-electron chi connectivity index (χ4n) is 7.39. The normalized spacial score (nSPS) is 11.3. The van der Waals surface area contributed by atoms with Crippen molar-refractivity contribution >= 4 is 32.4 Å². The van der Waals surface area contributed by atoms with Crippen molar-refractivity contribution in [3.63, 3.8) is 0 Å². The lowest BCUT2D eigenvalue weighted by molar-refractivity contribution is 1.07. The molecule has 0 fully saturated rings. The monoisotopic (exact) mass is 688 g/mol. The fourth-order valence-corrected chi connectivity index (χ4v) is 7.39. The van der Waals surface area contributed by atoms with Crippen molar-refractivity contribution in [3.05, 3.63) is 194 Å². The highest BCUT2D eigenvalue weighted by Gasteiger charge is 2.18. The van der Waals surface area contributed by atoms with E-state index < -0.39 is 0 Å². The Morgan fingerprint density at radius 3 is 1.37 bits per heavy atom. The van der Waals surface area contributed by atoms with Crippen LogP contribution in [0.5, 0.6) is 0 Å². The standard InChI is InChI=1S/C50H32N4/c1-4-15-34(16-5-1)43-32-45(41-29-24-33-14-10-11-21-39(33)30-41)51-47-44(31-40-22-12-13-23-42(40)46(43)47)35-25-27-38(28-26-35)50-53-48(36-17-6-2-7-18-36)52-49(54-50)37-19-8-3-9-20-37/h1-32H. The Bertz CT molecular complexity index is 2900. The molecule has 2 aromatic heterocycles. The summed E-state index contributed by atoms with van der Waals surface area (Å²) in [5.74, 6) is 1.91. The Balaban J connectivity index is 1.17. The zero-order valence-electron chi connectivity index (χ0n) is 29.3. The lowest BCUT2D eigenvalue weighted by Crippen LogP contribution is -2.00. The number of pyridine rings is 1. The van der Waals surface area contributed by atoms with Crippen LogP contribution in [-0.2, 0) is 0 Å². The van der Waals surface area contributed by atoms with Crippen LogP contribution in [-0.4, -0.2) is 19.9 Å². The molecule has 0 atom stereocenters. The van der Waals surface area contributed by atoms with Gasteiger partial charge < -0.3 is 0 Å². The summed E-state index contributed by atoms with van der Waals surface area (Å²) in [5, 5.41) is 5.88. The molecule has 0 aliphatic carbocycles. The minimum Gasteiger partial charge on any atom is -0.247 e. The van der Waals surface area contributed by atoms with Gasteiger partial charge in [0, 0.05) is 33.2 Å². The summed E-state index contributed by atoms with van der Waals surface area (Å²) in [6.45, 7) is 0. The molecule has 0 radical (unpaired) electrons. The Labute approximate surface area is 313 Å². The first kappa shape index (κ1) is 31.4. The van der Waals surface area contributed by atoms with Crippen LogP contribution in [0.15, 0.2) is 194 Å². The van der Waals surface area contributed by atoms with E-state index in [-0.39, 0.29) is 0 Å². The molecular formula is C50H32N4. The van der Waals surface area contributed by atoms with Crippen LogP contribution in [0.1, 0.15) is 0 Å². The maximum Gasteiger partial charge on any atom is 0.164 e. The second-order valence-electron chi connectivity index (χ2n) is 13.5. The lowest BCUT2D eigenvalue weighted by Gasteiger charge is -2.17. The average Bonchev–Trinajstić information content (AvgIpc) is 3.26.